The number of hydrogen-bond donors (Lipinski definition) is 1. The first-order valence-corrected chi connectivity index (χ1v) is 13.6. The molecule has 1 saturated heterocycles. The number of fused-ring (bicyclic) bond motifs is 1. The molecule has 1 aromatic carbocycles. The minimum Gasteiger partial charge on any atom is -0.417 e. The minimum absolute atomic E-state index is 0.0219. The highest BCUT2D eigenvalue weighted by molar-refractivity contribution is 6.75. The van der Waals surface area contributed by atoms with Crippen LogP contribution in [0.15, 0.2) is 18.2 Å². The summed E-state index contributed by atoms with van der Waals surface area (Å²) in [5, 5.41) is 0. The molecule has 1 aliphatic rings. The van der Waals surface area contributed by atoms with Crippen LogP contribution in [0.2, 0.25) is 17.6 Å². The molecule has 1 amide bonds. The zero-order chi connectivity index (χ0) is 21.9. The van der Waals surface area contributed by atoms with Crippen LogP contribution in [0.25, 0.3) is 11.0 Å². The van der Waals surface area contributed by atoms with E-state index in [0.29, 0.717) is 30.2 Å². The molecule has 1 fully saturated rings. The molecule has 2 aromatic rings. The van der Waals surface area contributed by atoms with Crippen molar-refractivity contribution in [1.29, 1.82) is 0 Å². The summed E-state index contributed by atoms with van der Waals surface area (Å²) in [6.45, 7) is 14.3. The van der Waals surface area contributed by atoms with Gasteiger partial charge in [0.05, 0.1) is 17.6 Å². The maximum absolute atomic E-state index is 12.1. The fourth-order valence-electron chi connectivity index (χ4n) is 3.99. The number of rotatable bonds is 9. The largest absolute Gasteiger partial charge is 0.417 e. The third-order valence-electron chi connectivity index (χ3n) is 6.54. The van der Waals surface area contributed by atoms with Gasteiger partial charge in [-0.3, -0.25) is 4.79 Å². The molecular weight excluding hydrogens is 396 g/mol. The van der Waals surface area contributed by atoms with Gasteiger partial charge in [-0.25, -0.2) is 4.98 Å². The second-order valence-electron chi connectivity index (χ2n) is 8.94. The van der Waals surface area contributed by atoms with E-state index >= 15 is 0 Å². The Hall–Kier alpha value is -1.90. The van der Waals surface area contributed by atoms with Crippen LogP contribution in [-0.2, 0) is 20.5 Å². The maximum Gasteiger partial charge on any atom is 0.253 e. The molecule has 0 atom stereocenters. The average Bonchev–Trinajstić information content (AvgIpc) is 3.01. The Morgan fingerprint density at radius 1 is 1.23 bits per heavy atom. The summed E-state index contributed by atoms with van der Waals surface area (Å²) >= 11 is 0. The summed E-state index contributed by atoms with van der Waals surface area (Å²) in [5.74, 6) is 0.492. The van der Waals surface area contributed by atoms with Gasteiger partial charge >= 0.3 is 0 Å². The van der Waals surface area contributed by atoms with Gasteiger partial charge in [0.1, 0.15) is 6.61 Å². The number of morpholine rings is 1. The Labute approximate surface area is 180 Å². The number of amides is 1. The van der Waals surface area contributed by atoms with Crippen molar-refractivity contribution in [3.8, 4) is 0 Å². The molecule has 0 radical (unpaired) electrons. The number of nitrogens with two attached hydrogens (primary N) is 1. The molecule has 0 unspecified atom stereocenters. The summed E-state index contributed by atoms with van der Waals surface area (Å²) in [4.78, 5) is 18.4. The number of hydrogen-bond acceptors (Lipinski definition) is 5. The van der Waals surface area contributed by atoms with Crippen LogP contribution in [-0.4, -0.2) is 50.1 Å². The van der Waals surface area contributed by atoms with E-state index in [1.54, 1.807) is 4.90 Å². The number of aromatic nitrogens is 2. The van der Waals surface area contributed by atoms with Gasteiger partial charge in [0.15, 0.2) is 8.32 Å². The van der Waals surface area contributed by atoms with E-state index in [9.17, 15) is 4.79 Å². The third-order valence-corrected chi connectivity index (χ3v) is 12.0. The summed E-state index contributed by atoms with van der Waals surface area (Å²) in [6, 6.07) is 5.92. The fraction of sp³-hybridized carbons (Fsp3) is 0.636. The minimum atomic E-state index is -1.69. The van der Waals surface area contributed by atoms with Crippen LogP contribution in [0, 0.1) is 0 Å². The number of nitrogen functional groups attached to an aromatic ring is 1. The second-order valence-corrected chi connectivity index (χ2v) is 13.9. The molecule has 7 nitrogen and oxygen atoms in total. The van der Waals surface area contributed by atoms with E-state index in [2.05, 4.69) is 43.8 Å². The van der Waals surface area contributed by atoms with E-state index in [1.165, 1.54) is 0 Å². The lowest BCUT2D eigenvalue weighted by molar-refractivity contribution is -0.125. The van der Waals surface area contributed by atoms with Crippen molar-refractivity contribution in [3.63, 3.8) is 0 Å². The van der Waals surface area contributed by atoms with Crippen LogP contribution in [0.5, 0.6) is 0 Å². The number of carbonyl (C=O) groups excluding carboxylic acids is 1. The van der Waals surface area contributed by atoms with E-state index in [0.717, 1.165) is 42.7 Å². The van der Waals surface area contributed by atoms with Crippen molar-refractivity contribution in [2.75, 3.05) is 37.0 Å². The summed E-state index contributed by atoms with van der Waals surface area (Å²) in [7, 11) is -1.69. The molecule has 0 spiro atoms. The smallest absolute Gasteiger partial charge is 0.253 e. The standard InChI is InChI=1S/C22H36N4O3Si/c1-16(2)30(5,17(3)4)29-12-7-6-10-26-20-9-8-18(14-19(20)24-22(26)23)25-11-13-28-15-21(25)27/h8-9,14,16-17H,6-7,10-13,15H2,1-5H3,(H2,23,24). The Morgan fingerprint density at radius 3 is 2.63 bits per heavy atom. The first kappa shape index (κ1) is 22.8. The monoisotopic (exact) mass is 432 g/mol. The summed E-state index contributed by atoms with van der Waals surface area (Å²) in [6.07, 6.45) is 1.99. The van der Waals surface area contributed by atoms with Crippen LogP contribution >= 0.6 is 0 Å². The van der Waals surface area contributed by atoms with E-state index in [4.69, 9.17) is 14.9 Å². The number of carbonyl (C=O) groups is 1. The number of benzene rings is 1. The fourth-order valence-corrected chi connectivity index (χ4v) is 6.58. The molecular formula is C22H36N4O3Si. The van der Waals surface area contributed by atoms with Gasteiger partial charge < -0.3 is 24.4 Å². The van der Waals surface area contributed by atoms with Crippen LogP contribution < -0.4 is 10.6 Å². The highest BCUT2D eigenvalue weighted by Crippen LogP contribution is 2.33. The lowest BCUT2D eigenvalue weighted by atomic mass is 10.2. The predicted octanol–water partition coefficient (Wildman–Crippen LogP) is 4.17. The normalized spacial score (nSPS) is 15.7. The molecule has 8 heteroatoms. The zero-order valence-electron chi connectivity index (χ0n) is 19.0. The Balaban J connectivity index is 1.61. The summed E-state index contributed by atoms with van der Waals surface area (Å²) < 4.78 is 13.7. The van der Waals surface area contributed by atoms with Crippen LogP contribution in [0.4, 0.5) is 11.6 Å². The number of nitrogens with zero attached hydrogens (tertiary/aromatic N) is 3. The van der Waals surface area contributed by atoms with Crippen molar-refractivity contribution in [3.05, 3.63) is 18.2 Å². The molecule has 1 aromatic heterocycles. The van der Waals surface area contributed by atoms with Crippen molar-refractivity contribution < 1.29 is 14.0 Å². The van der Waals surface area contributed by atoms with Crippen molar-refractivity contribution >= 4 is 36.9 Å². The van der Waals surface area contributed by atoms with Crippen LogP contribution in [0.3, 0.4) is 0 Å². The van der Waals surface area contributed by atoms with Gasteiger partial charge in [-0.2, -0.15) is 0 Å². The van der Waals surface area contributed by atoms with Gasteiger partial charge in [-0.05, 0) is 48.7 Å². The van der Waals surface area contributed by atoms with Crippen LogP contribution in [0.1, 0.15) is 40.5 Å². The molecule has 1 aliphatic heterocycles. The molecule has 0 saturated carbocycles. The molecule has 0 bridgehead atoms. The highest BCUT2D eigenvalue weighted by Gasteiger charge is 2.36. The SMILES string of the molecule is CC(C)[Si](C)(OCCCCn1c(N)nc2cc(N3CCOCC3=O)ccc21)C(C)C. The third kappa shape index (κ3) is 4.71. The molecule has 30 heavy (non-hydrogen) atoms. The van der Waals surface area contributed by atoms with Gasteiger partial charge in [-0.1, -0.05) is 27.7 Å². The lowest BCUT2D eigenvalue weighted by Crippen LogP contribution is -2.41. The van der Waals surface area contributed by atoms with Crippen molar-refractivity contribution in [2.24, 2.45) is 0 Å². The quantitative estimate of drug-likeness (QED) is 0.475. The number of unbranched alkanes of at least 4 members (excludes halogenated alkanes) is 1. The highest BCUT2D eigenvalue weighted by atomic mass is 28.4. The Bertz CT molecular complexity index is 873. The van der Waals surface area contributed by atoms with E-state index in [-0.39, 0.29) is 12.5 Å². The first-order chi connectivity index (χ1) is 14.2. The lowest BCUT2D eigenvalue weighted by Gasteiger charge is -2.35. The summed E-state index contributed by atoms with van der Waals surface area (Å²) in [5.41, 5.74) is 10.1. The maximum atomic E-state index is 12.1. The molecule has 2 N–H and O–H groups in total. The number of aryl methyl sites for hydroxylation is 1. The predicted molar refractivity (Wildman–Crippen MR) is 124 cm³/mol. The van der Waals surface area contributed by atoms with Crippen molar-refractivity contribution in [2.45, 2.75) is 64.7 Å². The number of anilines is 2. The van der Waals surface area contributed by atoms with E-state index in [1.807, 2.05) is 18.2 Å². The molecule has 3 rings (SSSR count). The van der Waals surface area contributed by atoms with Gasteiger partial charge in [0.2, 0.25) is 5.95 Å². The average molecular weight is 433 g/mol. The number of imidazole rings is 1. The Morgan fingerprint density at radius 2 is 1.97 bits per heavy atom. The van der Waals surface area contributed by atoms with Crippen molar-refractivity contribution in [1.82, 2.24) is 9.55 Å². The topological polar surface area (TPSA) is 82.6 Å². The van der Waals surface area contributed by atoms with Gasteiger partial charge in [0, 0.05) is 25.4 Å². The van der Waals surface area contributed by atoms with E-state index < -0.39 is 8.32 Å². The van der Waals surface area contributed by atoms with Gasteiger partial charge in [-0.15, -0.1) is 0 Å². The molecule has 0 aliphatic carbocycles. The second kappa shape index (κ2) is 9.49. The Kier molecular flexibility index (Phi) is 7.20. The van der Waals surface area contributed by atoms with Gasteiger partial charge in [0.25, 0.3) is 5.91 Å². The molecule has 2 heterocycles. The molecule has 166 valence electrons. The zero-order valence-corrected chi connectivity index (χ0v) is 20.0. The number of ether oxygens (including phenoxy) is 1. The first-order valence-electron chi connectivity index (χ1n) is 11.0.